The Morgan fingerprint density at radius 3 is 2.24 bits per heavy atom. The molecule has 0 saturated heterocycles. The SMILES string of the molecule is CC(CCC=[CH][Zr])(C1=CC=CC1)C1c2ccccc2-c2ccccc21. The first kappa shape index (κ1) is 17.0. The summed E-state index contributed by atoms with van der Waals surface area (Å²) in [4.78, 5) is 0. The fourth-order valence-corrected chi connectivity index (χ4v) is 5.08. The first-order valence-electron chi connectivity index (χ1n) is 9.12. The van der Waals surface area contributed by atoms with E-state index in [0.717, 1.165) is 12.8 Å². The van der Waals surface area contributed by atoms with Crippen molar-refractivity contribution >= 4 is 0 Å². The van der Waals surface area contributed by atoms with Gasteiger partial charge in [0.2, 0.25) is 0 Å². The molecule has 2 aromatic carbocycles. The number of rotatable bonds is 5. The van der Waals surface area contributed by atoms with Gasteiger partial charge in [-0.05, 0) is 0 Å². The van der Waals surface area contributed by atoms with Crippen LogP contribution in [0.2, 0.25) is 0 Å². The second-order valence-corrected chi connectivity index (χ2v) is 8.11. The van der Waals surface area contributed by atoms with Crippen molar-refractivity contribution < 1.29 is 24.7 Å². The minimum atomic E-state index is 0.155. The van der Waals surface area contributed by atoms with E-state index < -0.39 is 0 Å². The Kier molecular flexibility index (Phi) is 4.78. The molecule has 4 rings (SSSR count). The Hall–Kier alpha value is -1.46. The van der Waals surface area contributed by atoms with Crippen LogP contribution in [-0.2, 0) is 24.7 Å². The van der Waals surface area contributed by atoms with E-state index in [-0.39, 0.29) is 5.41 Å². The molecule has 1 unspecified atom stereocenters. The summed E-state index contributed by atoms with van der Waals surface area (Å²) in [6, 6.07) is 18.0. The third-order valence-corrected chi connectivity index (χ3v) is 6.50. The van der Waals surface area contributed by atoms with Crippen LogP contribution >= 0.6 is 0 Å². The van der Waals surface area contributed by atoms with E-state index >= 15 is 0 Å². The van der Waals surface area contributed by atoms with Crippen molar-refractivity contribution in [2.45, 2.75) is 32.1 Å². The molecule has 1 atom stereocenters. The average molecular weight is 403 g/mol. The standard InChI is InChI=1S/C24H23.Zr/c1-3-4-17-24(2,18-11-5-6-12-18)23-21-15-9-7-13-19(21)20-14-8-10-16-22(20)23;/h1,3,5-11,13-16,23H,4,12,17H2,2H3;. The molecule has 0 radical (unpaired) electrons. The van der Waals surface area contributed by atoms with Gasteiger partial charge in [-0.15, -0.1) is 0 Å². The molecule has 0 bridgehead atoms. The molecule has 2 aromatic rings. The van der Waals surface area contributed by atoms with E-state index in [1.807, 2.05) is 0 Å². The van der Waals surface area contributed by atoms with Crippen LogP contribution in [0.1, 0.15) is 43.2 Å². The molecule has 0 spiro atoms. The van der Waals surface area contributed by atoms with Gasteiger partial charge >= 0.3 is 167 Å². The molecule has 0 amide bonds. The van der Waals surface area contributed by atoms with Crippen molar-refractivity contribution in [3.05, 3.63) is 93.3 Å². The molecule has 0 aromatic heterocycles. The zero-order valence-electron chi connectivity index (χ0n) is 14.7. The fourth-order valence-electron chi connectivity index (χ4n) is 4.67. The van der Waals surface area contributed by atoms with Crippen molar-refractivity contribution in [1.29, 1.82) is 0 Å². The summed E-state index contributed by atoms with van der Waals surface area (Å²) in [6.45, 7) is 2.49. The van der Waals surface area contributed by atoms with E-state index in [2.05, 4.69) is 83.5 Å². The summed E-state index contributed by atoms with van der Waals surface area (Å²) < 4.78 is 2.27. The zero-order chi connectivity index (χ0) is 17.3. The molecule has 25 heavy (non-hydrogen) atoms. The van der Waals surface area contributed by atoms with Gasteiger partial charge in [0.1, 0.15) is 0 Å². The quantitative estimate of drug-likeness (QED) is 0.533. The summed E-state index contributed by atoms with van der Waals surface area (Å²) in [6.07, 6.45) is 12.7. The maximum atomic E-state index is 2.49. The topological polar surface area (TPSA) is 0 Å². The molecule has 123 valence electrons. The van der Waals surface area contributed by atoms with E-state index in [0.29, 0.717) is 5.92 Å². The third kappa shape index (κ3) is 2.87. The van der Waals surface area contributed by atoms with Gasteiger partial charge in [-0.25, -0.2) is 0 Å². The Morgan fingerprint density at radius 1 is 1.04 bits per heavy atom. The molecular formula is C24H23Zr. The van der Waals surface area contributed by atoms with Gasteiger partial charge in [-0.3, -0.25) is 0 Å². The molecule has 0 saturated carbocycles. The van der Waals surface area contributed by atoms with Crippen LogP contribution in [0, 0.1) is 5.41 Å². The molecule has 2 aliphatic rings. The normalized spacial score (nSPS) is 18.2. The summed E-state index contributed by atoms with van der Waals surface area (Å²) in [5, 5.41) is 0. The van der Waals surface area contributed by atoms with Gasteiger partial charge in [0.25, 0.3) is 0 Å². The second kappa shape index (κ2) is 7.04. The summed E-state index contributed by atoms with van der Waals surface area (Å²) in [5.41, 5.74) is 7.60. The Morgan fingerprint density at radius 2 is 1.68 bits per heavy atom. The maximum absolute atomic E-state index is 2.49. The van der Waals surface area contributed by atoms with Crippen LogP contribution < -0.4 is 0 Å². The van der Waals surface area contributed by atoms with E-state index in [9.17, 15) is 0 Å². The van der Waals surface area contributed by atoms with E-state index in [1.54, 1.807) is 5.57 Å². The number of fused-ring (bicyclic) bond motifs is 3. The van der Waals surface area contributed by atoms with Crippen LogP contribution in [0.3, 0.4) is 0 Å². The van der Waals surface area contributed by atoms with Gasteiger partial charge in [-0.2, -0.15) is 0 Å². The second-order valence-electron chi connectivity index (χ2n) is 7.29. The Labute approximate surface area is 166 Å². The van der Waals surface area contributed by atoms with E-state index in [1.165, 1.54) is 53.4 Å². The van der Waals surface area contributed by atoms with Gasteiger partial charge in [0, 0.05) is 0 Å². The zero-order valence-corrected chi connectivity index (χ0v) is 17.2. The molecule has 1 heteroatoms. The first-order chi connectivity index (χ1) is 12.3. The van der Waals surface area contributed by atoms with Crippen LogP contribution in [0.15, 0.2) is 82.2 Å². The monoisotopic (exact) mass is 401 g/mol. The van der Waals surface area contributed by atoms with Gasteiger partial charge in [0.05, 0.1) is 0 Å². The molecule has 0 fully saturated rings. The molecular weight excluding hydrogens is 379 g/mol. The predicted molar refractivity (Wildman–Crippen MR) is 102 cm³/mol. The van der Waals surface area contributed by atoms with Gasteiger partial charge in [-0.1, -0.05) is 0 Å². The van der Waals surface area contributed by atoms with Crippen LogP contribution in [-0.4, -0.2) is 0 Å². The number of hydrogen-bond donors (Lipinski definition) is 0. The van der Waals surface area contributed by atoms with Crippen molar-refractivity contribution in [3.8, 4) is 11.1 Å². The van der Waals surface area contributed by atoms with Gasteiger partial charge < -0.3 is 0 Å². The summed E-state index contributed by atoms with van der Waals surface area (Å²) in [7, 11) is 0. The molecule has 0 N–H and O–H groups in total. The van der Waals surface area contributed by atoms with Crippen molar-refractivity contribution in [3.63, 3.8) is 0 Å². The van der Waals surface area contributed by atoms with Crippen LogP contribution in [0.5, 0.6) is 0 Å². The average Bonchev–Trinajstić information content (AvgIpc) is 3.29. The molecule has 2 aliphatic carbocycles. The van der Waals surface area contributed by atoms with E-state index in [4.69, 9.17) is 0 Å². The number of benzene rings is 2. The van der Waals surface area contributed by atoms with Crippen molar-refractivity contribution in [2.75, 3.05) is 0 Å². The van der Waals surface area contributed by atoms with Crippen LogP contribution in [0.25, 0.3) is 11.1 Å². The number of hydrogen-bond acceptors (Lipinski definition) is 0. The molecule has 0 aliphatic heterocycles. The summed E-state index contributed by atoms with van der Waals surface area (Å²) in [5.74, 6) is 0.448. The fraction of sp³-hybridized carbons (Fsp3) is 0.250. The van der Waals surface area contributed by atoms with Crippen molar-refractivity contribution in [1.82, 2.24) is 0 Å². The Bertz CT molecular complexity index is 826. The molecule has 0 nitrogen and oxygen atoms in total. The third-order valence-electron chi connectivity index (χ3n) is 5.92. The van der Waals surface area contributed by atoms with Crippen molar-refractivity contribution in [2.24, 2.45) is 5.41 Å². The predicted octanol–water partition coefficient (Wildman–Crippen LogP) is 6.53. The summed E-state index contributed by atoms with van der Waals surface area (Å²) >= 11 is 1.49. The van der Waals surface area contributed by atoms with Gasteiger partial charge in [0.15, 0.2) is 0 Å². The molecule has 0 heterocycles. The minimum absolute atomic E-state index is 0.155. The number of allylic oxidation sites excluding steroid dienone is 5. The Balaban J connectivity index is 1.86. The first-order valence-corrected chi connectivity index (χ1v) is 10.5. The van der Waals surface area contributed by atoms with Crippen LogP contribution in [0.4, 0.5) is 0 Å².